The van der Waals surface area contributed by atoms with Crippen molar-refractivity contribution in [1.82, 2.24) is 19.5 Å². The van der Waals surface area contributed by atoms with Crippen molar-refractivity contribution in [2.75, 3.05) is 19.8 Å². The predicted molar refractivity (Wildman–Crippen MR) is 96.4 cm³/mol. The number of fused-ring (bicyclic) bond motifs is 1. The van der Waals surface area contributed by atoms with Crippen molar-refractivity contribution in [3.8, 4) is 0 Å². The number of aromatic nitrogens is 3. The standard InChI is InChI=1S/C15H16B2N4OS/c1-10(6-13(17)23-3)4-5-20(2)15(22)12-7-14-18-8-11(16)9-21(14)19-12/h6-9H,1,4-5H2,2-3H3/b13-6-. The predicted octanol–water partition coefficient (Wildman–Crippen LogP) is 0.914. The van der Waals surface area contributed by atoms with Crippen molar-refractivity contribution in [2.24, 2.45) is 0 Å². The van der Waals surface area contributed by atoms with Crippen LogP contribution in [-0.4, -0.2) is 60.9 Å². The number of thioether (sulfide) groups is 1. The molecule has 0 saturated carbocycles. The van der Waals surface area contributed by atoms with Gasteiger partial charge in [-0.3, -0.25) is 4.79 Å². The monoisotopic (exact) mass is 322 g/mol. The highest BCUT2D eigenvalue weighted by Gasteiger charge is 2.16. The van der Waals surface area contributed by atoms with E-state index in [0.717, 1.165) is 5.57 Å². The van der Waals surface area contributed by atoms with Gasteiger partial charge in [0, 0.05) is 32.1 Å². The van der Waals surface area contributed by atoms with Gasteiger partial charge in [0.05, 0.1) is 0 Å². The zero-order valence-corrected chi connectivity index (χ0v) is 14.0. The van der Waals surface area contributed by atoms with Gasteiger partial charge >= 0.3 is 0 Å². The first-order valence-electron chi connectivity index (χ1n) is 6.96. The highest BCUT2D eigenvalue weighted by molar-refractivity contribution is 8.03. The fourth-order valence-electron chi connectivity index (χ4n) is 1.94. The molecule has 2 heterocycles. The minimum atomic E-state index is -0.177. The van der Waals surface area contributed by atoms with Crippen molar-refractivity contribution < 1.29 is 4.79 Å². The number of nitrogens with zero attached hydrogens (tertiary/aromatic N) is 4. The zero-order valence-electron chi connectivity index (χ0n) is 13.2. The molecule has 114 valence electrons. The fraction of sp³-hybridized carbons (Fsp3) is 0.267. The van der Waals surface area contributed by atoms with Gasteiger partial charge in [-0.15, -0.1) is 11.8 Å². The average molecular weight is 322 g/mol. The summed E-state index contributed by atoms with van der Waals surface area (Å²) < 4.78 is 1.50. The first-order chi connectivity index (χ1) is 10.9. The second kappa shape index (κ2) is 7.55. The minimum Gasteiger partial charge on any atom is -0.340 e. The Morgan fingerprint density at radius 3 is 3.00 bits per heavy atom. The third-order valence-corrected chi connectivity index (χ3v) is 3.84. The Morgan fingerprint density at radius 2 is 2.30 bits per heavy atom. The van der Waals surface area contributed by atoms with Gasteiger partial charge in [0.1, 0.15) is 15.7 Å². The summed E-state index contributed by atoms with van der Waals surface area (Å²) >= 11 is 1.46. The van der Waals surface area contributed by atoms with E-state index in [1.807, 2.05) is 12.3 Å². The van der Waals surface area contributed by atoms with Crippen LogP contribution in [0.1, 0.15) is 16.9 Å². The molecule has 4 radical (unpaired) electrons. The molecule has 2 aromatic rings. The molecular formula is C15H16B2N4OS. The highest BCUT2D eigenvalue weighted by atomic mass is 32.2. The maximum atomic E-state index is 12.4. The lowest BCUT2D eigenvalue weighted by atomic mass is 10.0. The lowest BCUT2D eigenvalue weighted by Gasteiger charge is -2.15. The molecule has 0 saturated heterocycles. The van der Waals surface area contributed by atoms with Crippen LogP contribution in [0.2, 0.25) is 0 Å². The van der Waals surface area contributed by atoms with E-state index in [9.17, 15) is 4.79 Å². The Bertz CT molecular complexity index is 772. The van der Waals surface area contributed by atoms with Gasteiger partial charge in [-0.1, -0.05) is 28.5 Å². The molecule has 0 spiro atoms. The van der Waals surface area contributed by atoms with Crippen molar-refractivity contribution in [3.63, 3.8) is 0 Å². The van der Waals surface area contributed by atoms with Crippen molar-refractivity contribution >= 4 is 44.5 Å². The summed E-state index contributed by atoms with van der Waals surface area (Å²) in [6, 6.07) is 1.64. The maximum Gasteiger partial charge on any atom is 0.274 e. The molecule has 0 aliphatic rings. The molecule has 0 aliphatic carbocycles. The molecule has 0 unspecified atom stereocenters. The lowest BCUT2D eigenvalue weighted by molar-refractivity contribution is 0.0791. The average Bonchev–Trinajstić information content (AvgIpc) is 2.94. The van der Waals surface area contributed by atoms with Crippen LogP contribution >= 0.6 is 11.8 Å². The number of carbonyl (C=O) groups excluding carboxylic acids is 1. The highest BCUT2D eigenvalue weighted by Crippen LogP contribution is 2.12. The number of hydrogen-bond acceptors (Lipinski definition) is 4. The number of amides is 1. The van der Waals surface area contributed by atoms with Crippen molar-refractivity contribution in [2.45, 2.75) is 6.42 Å². The zero-order chi connectivity index (χ0) is 17.0. The molecule has 0 atom stereocenters. The van der Waals surface area contributed by atoms with Gasteiger partial charge in [-0.2, -0.15) is 5.10 Å². The first-order valence-corrected chi connectivity index (χ1v) is 8.18. The maximum absolute atomic E-state index is 12.4. The first kappa shape index (κ1) is 17.4. The molecule has 0 N–H and O–H groups in total. The van der Waals surface area contributed by atoms with Crippen LogP contribution in [0.4, 0.5) is 0 Å². The lowest BCUT2D eigenvalue weighted by Crippen LogP contribution is -2.28. The summed E-state index contributed by atoms with van der Waals surface area (Å²) in [6.45, 7) is 4.47. The van der Waals surface area contributed by atoms with E-state index in [1.54, 1.807) is 24.2 Å². The topological polar surface area (TPSA) is 50.5 Å². The minimum absolute atomic E-state index is 0.177. The van der Waals surface area contributed by atoms with Crippen molar-refractivity contribution in [1.29, 1.82) is 0 Å². The molecule has 2 aromatic heterocycles. The van der Waals surface area contributed by atoms with E-state index in [4.69, 9.17) is 15.7 Å². The summed E-state index contributed by atoms with van der Waals surface area (Å²) in [6.07, 6.45) is 7.51. The molecule has 23 heavy (non-hydrogen) atoms. The molecule has 0 aliphatic heterocycles. The summed E-state index contributed by atoms with van der Waals surface area (Å²) in [4.78, 5) is 18.8. The molecule has 0 aromatic carbocycles. The van der Waals surface area contributed by atoms with E-state index in [1.165, 1.54) is 22.5 Å². The van der Waals surface area contributed by atoms with Crippen LogP contribution in [0.25, 0.3) is 5.65 Å². The van der Waals surface area contributed by atoms with E-state index in [2.05, 4.69) is 16.7 Å². The number of hydrogen-bond donors (Lipinski definition) is 0. The second-order valence-electron chi connectivity index (χ2n) is 5.11. The van der Waals surface area contributed by atoms with Crippen LogP contribution in [0.3, 0.4) is 0 Å². The number of carbonyl (C=O) groups is 1. The smallest absolute Gasteiger partial charge is 0.274 e. The Balaban J connectivity index is 2.02. The van der Waals surface area contributed by atoms with E-state index >= 15 is 0 Å². The molecule has 0 fully saturated rings. The summed E-state index contributed by atoms with van der Waals surface area (Å²) in [5.41, 5.74) is 2.27. The van der Waals surface area contributed by atoms with Gasteiger partial charge in [0.15, 0.2) is 11.3 Å². The van der Waals surface area contributed by atoms with Gasteiger partial charge in [0.25, 0.3) is 5.91 Å². The number of rotatable bonds is 6. The summed E-state index contributed by atoms with van der Waals surface area (Å²) in [5, 5.41) is 4.21. The van der Waals surface area contributed by atoms with E-state index < -0.39 is 0 Å². The molecule has 1 amide bonds. The SMILES string of the molecule is [B]/C(=C/C(=C)CCN(C)C(=O)c1cc2ncc([B])cn2n1)SC. The quantitative estimate of drug-likeness (QED) is 0.586. The Hall–Kier alpha value is -1.95. The Labute approximate surface area is 142 Å². The van der Waals surface area contributed by atoms with Crippen molar-refractivity contribution in [3.05, 3.63) is 47.2 Å². The molecular weight excluding hydrogens is 306 g/mol. The van der Waals surface area contributed by atoms with Gasteiger partial charge < -0.3 is 4.90 Å². The van der Waals surface area contributed by atoms with E-state index in [0.29, 0.717) is 34.6 Å². The molecule has 2 rings (SSSR count). The number of allylic oxidation sites excluding steroid dienone is 1. The summed E-state index contributed by atoms with van der Waals surface area (Å²) in [7, 11) is 13.1. The Morgan fingerprint density at radius 1 is 1.57 bits per heavy atom. The second-order valence-corrected chi connectivity index (χ2v) is 5.99. The van der Waals surface area contributed by atoms with Gasteiger partial charge in [0.2, 0.25) is 0 Å². The Kier molecular flexibility index (Phi) is 5.71. The largest absolute Gasteiger partial charge is 0.340 e. The van der Waals surface area contributed by atoms with E-state index in [-0.39, 0.29) is 5.91 Å². The van der Waals surface area contributed by atoms with Gasteiger partial charge in [-0.25, -0.2) is 9.50 Å². The molecule has 8 heteroatoms. The normalized spacial score (nSPS) is 11.7. The van der Waals surface area contributed by atoms with Crippen LogP contribution in [0, 0.1) is 0 Å². The summed E-state index contributed by atoms with van der Waals surface area (Å²) in [5.74, 6) is -0.177. The fourth-order valence-corrected chi connectivity index (χ4v) is 2.22. The molecule has 0 bridgehead atoms. The van der Waals surface area contributed by atoms with Crippen LogP contribution in [0.15, 0.2) is 41.5 Å². The third kappa shape index (κ3) is 4.51. The van der Waals surface area contributed by atoms with Crippen LogP contribution < -0.4 is 5.46 Å². The third-order valence-electron chi connectivity index (χ3n) is 3.25. The van der Waals surface area contributed by atoms with Crippen LogP contribution in [-0.2, 0) is 0 Å². The van der Waals surface area contributed by atoms with Crippen LogP contribution in [0.5, 0.6) is 0 Å². The van der Waals surface area contributed by atoms with Gasteiger partial charge in [-0.05, 0) is 12.7 Å². The molecule has 5 nitrogen and oxygen atoms in total.